The highest BCUT2D eigenvalue weighted by molar-refractivity contribution is 8.00. The highest BCUT2D eigenvalue weighted by Gasteiger charge is 2.17. The van der Waals surface area contributed by atoms with E-state index in [9.17, 15) is 4.79 Å². The first-order valence-corrected chi connectivity index (χ1v) is 12.2. The van der Waals surface area contributed by atoms with Crippen LogP contribution < -0.4 is 15.6 Å². The van der Waals surface area contributed by atoms with Crippen molar-refractivity contribution >= 4 is 34.0 Å². The van der Waals surface area contributed by atoms with Gasteiger partial charge in [0.25, 0.3) is 5.56 Å². The van der Waals surface area contributed by atoms with Gasteiger partial charge in [0, 0.05) is 6.54 Å². The van der Waals surface area contributed by atoms with Gasteiger partial charge in [-0.3, -0.25) is 9.36 Å². The maximum atomic E-state index is 13.3. The number of aromatic nitrogens is 4. The lowest BCUT2D eigenvalue weighted by Crippen LogP contribution is -2.29. The molecule has 0 amide bonds. The summed E-state index contributed by atoms with van der Waals surface area (Å²) in [5, 5.41) is 13.2. The molecular weight excluding hydrogens is 418 g/mol. The van der Waals surface area contributed by atoms with E-state index in [1.165, 1.54) is 12.8 Å². The summed E-state index contributed by atoms with van der Waals surface area (Å²) in [6.07, 6.45) is 4.58. The molecule has 30 heavy (non-hydrogen) atoms. The van der Waals surface area contributed by atoms with E-state index in [0.29, 0.717) is 29.0 Å². The van der Waals surface area contributed by atoms with Crippen LogP contribution in [0.25, 0.3) is 10.9 Å². The van der Waals surface area contributed by atoms with Crippen LogP contribution in [-0.4, -0.2) is 39.9 Å². The second-order valence-corrected chi connectivity index (χ2v) is 9.96. The summed E-state index contributed by atoms with van der Waals surface area (Å²) < 4.78 is 8.20. The number of rotatable bonds is 8. The molecule has 0 atom stereocenters. The van der Waals surface area contributed by atoms with Crippen LogP contribution in [0.3, 0.4) is 0 Å². The Bertz CT molecular complexity index is 1060. The molecule has 0 saturated carbocycles. The Morgan fingerprint density at radius 2 is 2.13 bits per heavy atom. The molecule has 9 heteroatoms. The minimum Gasteiger partial charge on any atom is -0.494 e. The van der Waals surface area contributed by atoms with E-state index in [2.05, 4.69) is 15.5 Å². The molecule has 3 aromatic rings. The molecule has 1 saturated heterocycles. The Balaban J connectivity index is 1.60. The third kappa shape index (κ3) is 4.84. The fraction of sp³-hybridized carbons (Fsp3) is 0.524. The van der Waals surface area contributed by atoms with E-state index in [-0.39, 0.29) is 5.56 Å². The maximum absolute atomic E-state index is 13.3. The Kier molecular flexibility index (Phi) is 7.01. The quantitative estimate of drug-likeness (QED) is 0.530. The van der Waals surface area contributed by atoms with Gasteiger partial charge in [0.15, 0.2) is 4.34 Å². The van der Waals surface area contributed by atoms with E-state index >= 15 is 0 Å². The predicted molar refractivity (Wildman–Crippen MR) is 122 cm³/mol. The molecule has 0 spiro atoms. The van der Waals surface area contributed by atoms with Gasteiger partial charge in [0.1, 0.15) is 22.1 Å². The molecule has 1 fully saturated rings. The molecule has 7 nitrogen and oxygen atoms in total. The van der Waals surface area contributed by atoms with Crippen LogP contribution >= 0.6 is 23.1 Å². The van der Waals surface area contributed by atoms with Gasteiger partial charge < -0.3 is 10.1 Å². The summed E-state index contributed by atoms with van der Waals surface area (Å²) in [7, 11) is 1.61. The molecule has 1 aromatic carbocycles. The van der Waals surface area contributed by atoms with E-state index in [1.54, 1.807) is 30.2 Å². The van der Waals surface area contributed by atoms with Crippen molar-refractivity contribution in [1.29, 1.82) is 0 Å². The minimum atomic E-state index is 0.00764. The van der Waals surface area contributed by atoms with Crippen molar-refractivity contribution in [1.82, 2.24) is 25.1 Å². The van der Waals surface area contributed by atoms with Crippen molar-refractivity contribution in [2.45, 2.75) is 49.2 Å². The van der Waals surface area contributed by atoms with Gasteiger partial charge in [-0.15, -0.1) is 10.2 Å². The standard InChI is InChI=1S/C21H27N5O2S2/c1-14-24-25-21(30-14)29-13-18-23-19-16(6-3-7-17(19)28-2)20(27)26(18)12-4-5-15-8-10-22-11-9-15/h3,6-7,15,22H,4-5,8-13H2,1-2H3. The molecule has 4 rings (SSSR count). The van der Waals surface area contributed by atoms with Crippen LogP contribution in [0, 0.1) is 12.8 Å². The molecule has 0 unspecified atom stereocenters. The summed E-state index contributed by atoms with van der Waals surface area (Å²) in [5.74, 6) is 2.72. The molecule has 0 radical (unpaired) electrons. The minimum absolute atomic E-state index is 0.00764. The predicted octanol–water partition coefficient (Wildman–Crippen LogP) is 3.64. The molecule has 2 aromatic heterocycles. The average molecular weight is 446 g/mol. The summed E-state index contributed by atoms with van der Waals surface area (Å²) in [4.78, 5) is 18.2. The maximum Gasteiger partial charge on any atom is 0.261 e. The molecule has 1 aliphatic heterocycles. The lowest BCUT2D eigenvalue weighted by Gasteiger charge is -2.22. The first-order chi connectivity index (χ1) is 14.7. The van der Waals surface area contributed by atoms with Gasteiger partial charge in [0.2, 0.25) is 0 Å². The number of hydrogen-bond donors (Lipinski definition) is 1. The molecular formula is C21H27N5O2S2. The first-order valence-electron chi connectivity index (χ1n) is 10.4. The van der Waals surface area contributed by atoms with Crippen molar-refractivity contribution < 1.29 is 4.74 Å². The van der Waals surface area contributed by atoms with Gasteiger partial charge >= 0.3 is 0 Å². The van der Waals surface area contributed by atoms with Crippen molar-refractivity contribution in [3.05, 3.63) is 39.4 Å². The number of methoxy groups -OCH3 is 1. The van der Waals surface area contributed by atoms with E-state index in [1.807, 2.05) is 29.7 Å². The SMILES string of the molecule is COc1cccc2c(=O)n(CCCC3CCNCC3)c(CSc3nnc(C)s3)nc12. The zero-order valence-corrected chi connectivity index (χ0v) is 19.0. The largest absolute Gasteiger partial charge is 0.494 e. The number of hydrogen-bond acceptors (Lipinski definition) is 8. The molecule has 0 bridgehead atoms. The smallest absolute Gasteiger partial charge is 0.261 e. The van der Waals surface area contributed by atoms with Gasteiger partial charge in [-0.2, -0.15) is 0 Å². The monoisotopic (exact) mass is 445 g/mol. The van der Waals surface area contributed by atoms with Crippen molar-refractivity contribution in [3.63, 3.8) is 0 Å². The Morgan fingerprint density at radius 1 is 1.30 bits per heavy atom. The molecule has 160 valence electrons. The van der Waals surface area contributed by atoms with Crippen LogP contribution in [0.4, 0.5) is 0 Å². The first kappa shape index (κ1) is 21.3. The lowest BCUT2D eigenvalue weighted by molar-refractivity contribution is 0.338. The molecule has 0 aliphatic carbocycles. The second-order valence-electron chi connectivity index (χ2n) is 7.55. The zero-order valence-electron chi connectivity index (χ0n) is 17.4. The molecule has 3 heterocycles. The van der Waals surface area contributed by atoms with Crippen LogP contribution in [0.5, 0.6) is 5.75 Å². The third-order valence-electron chi connectivity index (χ3n) is 5.53. The summed E-state index contributed by atoms with van der Waals surface area (Å²) in [5.41, 5.74) is 0.636. The van der Waals surface area contributed by atoms with Gasteiger partial charge in [-0.05, 0) is 63.7 Å². The number of piperidine rings is 1. The number of ether oxygens (including phenoxy) is 1. The number of nitrogens with zero attached hydrogens (tertiary/aromatic N) is 4. The second kappa shape index (κ2) is 9.89. The lowest BCUT2D eigenvalue weighted by atomic mass is 9.93. The molecule has 1 N–H and O–H groups in total. The van der Waals surface area contributed by atoms with Crippen molar-refractivity contribution in [3.8, 4) is 5.75 Å². The van der Waals surface area contributed by atoms with Crippen molar-refractivity contribution in [2.75, 3.05) is 20.2 Å². The average Bonchev–Trinajstić information content (AvgIpc) is 3.19. The highest BCUT2D eigenvalue weighted by Crippen LogP contribution is 2.27. The number of benzene rings is 1. The Labute approximate surface area is 184 Å². The van der Waals surface area contributed by atoms with Gasteiger partial charge in [-0.25, -0.2) is 4.98 Å². The number of nitrogens with one attached hydrogen (secondary N) is 1. The summed E-state index contributed by atoms with van der Waals surface area (Å²) >= 11 is 3.13. The van der Waals surface area contributed by atoms with Gasteiger partial charge in [-0.1, -0.05) is 29.2 Å². The Morgan fingerprint density at radius 3 is 2.87 bits per heavy atom. The summed E-state index contributed by atoms with van der Waals surface area (Å²) in [6, 6.07) is 5.53. The summed E-state index contributed by atoms with van der Waals surface area (Å²) in [6.45, 7) is 4.84. The Hall–Kier alpha value is -1.97. The fourth-order valence-corrected chi connectivity index (χ4v) is 5.70. The number of aryl methyl sites for hydroxylation is 1. The zero-order chi connectivity index (χ0) is 20.9. The van der Waals surface area contributed by atoms with E-state index in [0.717, 1.165) is 47.0 Å². The van der Waals surface area contributed by atoms with Crippen molar-refractivity contribution in [2.24, 2.45) is 5.92 Å². The van der Waals surface area contributed by atoms with E-state index in [4.69, 9.17) is 9.72 Å². The van der Waals surface area contributed by atoms with Gasteiger partial charge in [0.05, 0.1) is 18.2 Å². The normalized spacial score (nSPS) is 15.0. The van der Waals surface area contributed by atoms with E-state index < -0.39 is 0 Å². The third-order valence-corrected chi connectivity index (χ3v) is 7.50. The molecule has 1 aliphatic rings. The van der Waals surface area contributed by atoms with Crippen LogP contribution in [-0.2, 0) is 12.3 Å². The number of thioether (sulfide) groups is 1. The number of para-hydroxylation sites is 1. The van der Waals surface area contributed by atoms with Crippen LogP contribution in [0.1, 0.15) is 36.5 Å². The fourth-order valence-electron chi connectivity index (χ4n) is 3.94. The topological polar surface area (TPSA) is 81.9 Å². The highest BCUT2D eigenvalue weighted by atomic mass is 32.2. The van der Waals surface area contributed by atoms with Crippen LogP contribution in [0.15, 0.2) is 27.3 Å². The van der Waals surface area contributed by atoms with Crippen LogP contribution in [0.2, 0.25) is 0 Å². The number of fused-ring (bicyclic) bond motifs is 1.